The van der Waals surface area contributed by atoms with Crippen LogP contribution in [0.15, 0.2) is 0 Å². The van der Waals surface area contributed by atoms with E-state index in [9.17, 15) is 4.79 Å². The van der Waals surface area contributed by atoms with Crippen LogP contribution >= 0.6 is 0 Å². The van der Waals surface area contributed by atoms with Crippen LogP contribution in [-0.2, 0) is 4.79 Å². The van der Waals surface area contributed by atoms with Crippen LogP contribution in [0.1, 0.15) is 12.8 Å². The van der Waals surface area contributed by atoms with Crippen LogP contribution < -0.4 is 0 Å². The molecule has 0 heterocycles. The van der Waals surface area contributed by atoms with Crippen LogP contribution in [-0.4, -0.2) is 14.4 Å². The minimum atomic E-state index is -0.873. The Morgan fingerprint density at radius 3 is 2.22 bits per heavy atom. The van der Waals surface area contributed by atoms with Gasteiger partial charge in [0, 0.05) is 14.5 Å². The van der Waals surface area contributed by atoms with Gasteiger partial charge in [0.05, 0.1) is 0 Å². The highest BCUT2D eigenvalue weighted by molar-refractivity contribution is 6.76. The highest BCUT2D eigenvalue weighted by Gasteiger charge is 2.10. The molecule has 0 saturated carbocycles. The summed E-state index contributed by atoms with van der Waals surface area (Å²) in [7, 11) is -0.873. The standard InChI is InChI=1S/C7H15OSi/c1-9(2,3)7-5-4-6-8/h4-5,7H2,1-3H3. The van der Waals surface area contributed by atoms with Crippen molar-refractivity contribution in [3.63, 3.8) is 0 Å². The molecule has 0 aromatic heterocycles. The Labute approximate surface area is 58.5 Å². The van der Waals surface area contributed by atoms with E-state index < -0.39 is 8.07 Å². The van der Waals surface area contributed by atoms with Gasteiger partial charge >= 0.3 is 0 Å². The lowest BCUT2D eigenvalue weighted by Gasteiger charge is -2.13. The monoisotopic (exact) mass is 143 g/mol. The molecule has 0 aromatic rings. The first kappa shape index (κ1) is 8.89. The summed E-state index contributed by atoms with van der Waals surface area (Å²) in [6, 6.07) is 1.25. The van der Waals surface area contributed by atoms with Gasteiger partial charge in [-0.2, -0.15) is 0 Å². The summed E-state index contributed by atoms with van der Waals surface area (Å²) in [6.07, 6.45) is 3.58. The molecule has 0 N–H and O–H groups in total. The summed E-state index contributed by atoms with van der Waals surface area (Å²) in [5, 5.41) is 0. The largest absolute Gasteiger partial charge is 0.291 e. The maximum atomic E-state index is 9.78. The molecule has 53 valence electrons. The van der Waals surface area contributed by atoms with Crippen LogP contribution in [0.2, 0.25) is 25.7 Å². The van der Waals surface area contributed by atoms with Crippen molar-refractivity contribution in [2.45, 2.75) is 38.5 Å². The van der Waals surface area contributed by atoms with E-state index in [4.69, 9.17) is 0 Å². The molecule has 0 unspecified atom stereocenters. The van der Waals surface area contributed by atoms with Crippen LogP contribution in [0.3, 0.4) is 0 Å². The lowest BCUT2D eigenvalue weighted by Crippen LogP contribution is -2.18. The van der Waals surface area contributed by atoms with Crippen molar-refractivity contribution in [3.05, 3.63) is 0 Å². The van der Waals surface area contributed by atoms with E-state index in [1.54, 1.807) is 0 Å². The Morgan fingerprint density at radius 1 is 1.33 bits per heavy atom. The molecule has 0 rings (SSSR count). The van der Waals surface area contributed by atoms with Gasteiger partial charge in [0.15, 0.2) is 6.29 Å². The fraction of sp³-hybridized carbons (Fsp3) is 0.857. The molecule has 0 bridgehead atoms. The first-order chi connectivity index (χ1) is 4.06. The van der Waals surface area contributed by atoms with E-state index in [1.807, 2.05) is 6.29 Å². The molecule has 0 aliphatic carbocycles. The number of unbranched alkanes of at least 4 members (excludes halogenated alkanes) is 1. The van der Waals surface area contributed by atoms with Gasteiger partial charge in [0.2, 0.25) is 0 Å². The molecular formula is C7H15OSi. The zero-order valence-electron chi connectivity index (χ0n) is 6.53. The van der Waals surface area contributed by atoms with Crippen molar-refractivity contribution < 1.29 is 4.79 Å². The maximum absolute atomic E-state index is 9.78. The van der Waals surface area contributed by atoms with Crippen molar-refractivity contribution in [1.82, 2.24) is 0 Å². The molecule has 0 atom stereocenters. The zero-order chi connectivity index (χ0) is 7.33. The minimum Gasteiger partial charge on any atom is -0.291 e. The number of rotatable bonds is 4. The Hall–Kier alpha value is -0.113. The molecule has 9 heavy (non-hydrogen) atoms. The van der Waals surface area contributed by atoms with Gasteiger partial charge < -0.3 is 0 Å². The van der Waals surface area contributed by atoms with E-state index in [0.29, 0.717) is 6.42 Å². The van der Waals surface area contributed by atoms with Gasteiger partial charge in [0.25, 0.3) is 0 Å². The Morgan fingerprint density at radius 2 is 1.89 bits per heavy atom. The second-order valence-electron chi connectivity index (χ2n) is 3.56. The molecule has 1 nitrogen and oxygen atoms in total. The second-order valence-corrected chi connectivity index (χ2v) is 9.18. The molecule has 0 aliphatic rings. The molecule has 0 saturated heterocycles. The molecule has 0 fully saturated rings. The third kappa shape index (κ3) is 7.89. The van der Waals surface area contributed by atoms with Gasteiger partial charge in [-0.1, -0.05) is 25.7 Å². The van der Waals surface area contributed by atoms with Crippen molar-refractivity contribution >= 4 is 14.4 Å². The lowest BCUT2D eigenvalue weighted by molar-refractivity contribution is 0.550. The molecule has 0 aliphatic heterocycles. The molecular weight excluding hydrogens is 128 g/mol. The molecule has 0 aromatic carbocycles. The van der Waals surface area contributed by atoms with Gasteiger partial charge in [-0.3, -0.25) is 4.79 Å². The SMILES string of the molecule is C[Si](C)(C)CCC[C]=O. The number of carbonyl (C=O) groups excluding carboxylic acids is 1. The van der Waals surface area contributed by atoms with E-state index in [0.717, 1.165) is 6.42 Å². The minimum absolute atomic E-state index is 0.629. The fourth-order valence-electron chi connectivity index (χ4n) is 0.691. The molecule has 0 spiro atoms. The maximum Gasteiger partial charge on any atom is 0.198 e. The smallest absolute Gasteiger partial charge is 0.198 e. The quantitative estimate of drug-likeness (QED) is 0.435. The van der Waals surface area contributed by atoms with Crippen molar-refractivity contribution in [1.29, 1.82) is 0 Å². The average Bonchev–Trinajstić information content (AvgIpc) is 1.63. The summed E-state index contributed by atoms with van der Waals surface area (Å²) in [5.74, 6) is 0. The van der Waals surface area contributed by atoms with Gasteiger partial charge in [-0.15, -0.1) is 0 Å². The summed E-state index contributed by atoms with van der Waals surface area (Å²) in [6.45, 7) is 6.95. The van der Waals surface area contributed by atoms with E-state index in [2.05, 4.69) is 19.6 Å². The van der Waals surface area contributed by atoms with Gasteiger partial charge in [0.1, 0.15) is 0 Å². The normalized spacial score (nSPS) is 11.4. The highest BCUT2D eigenvalue weighted by atomic mass is 28.3. The summed E-state index contributed by atoms with van der Waals surface area (Å²) in [4.78, 5) is 9.78. The molecule has 0 amide bonds. The number of hydrogen-bond acceptors (Lipinski definition) is 1. The van der Waals surface area contributed by atoms with E-state index >= 15 is 0 Å². The first-order valence-electron chi connectivity index (χ1n) is 3.41. The van der Waals surface area contributed by atoms with Crippen LogP contribution in [0.5, 0.6) is 0 Å². The van der Waals surface area contributed by atoms with Crippen molar-refractivity contribution in [3.8, 4) is 0 Å². The predicted octanol–water partition coefficient (Wildman–Crippen LogP) is 2.21. The summed E-state index contributed by atoms with van der Waals surface area (Å²) >= 11 is 0. The topological polar surface area (TPSA) is 17.1 Å². The third-order valence-corrected chi connectivity index (χ3v) is 3.06. The lowest BCUT2D eigenvalue weighted by atomic mass is 10.4. The first-order valence-corrected chi connectivity index (χ1v) is 7.12. The van der Waals surface area contributed by atoms with E-state index in [-0.39, 0.29) is 0 Å². The molecule has 1 radical (unpaired) electrons. The summed E-state index contributed by atoms with van der Waals surface area (Å²) < 4.78 is 0. The van der Waals surface area contributed by atoms with Crippen LogP contribution in [0.4, 0.5) is 0 Å². The fourth-order valence-corrected chi connectivity index (χ4v) is 1.93. The van der Waals surface area contributed by atoms with Crippen LogP contribution in [0.25, 0.3) is 0 Å². The van der Waals surface area contributed by atoms with Gasteiger partial charge in [-0.05, 0) is 6.42 Å². The summed E-state index contributed by atoms with van der Waals surface area (Å²) in [5.41, 5.74) is 0. The van der Waals surface area contributed by atoms with Crippen LogP contribution in [0, 0.1) is 0 Å². The second kappa shape index (κ2) is 3.83. The zero-order valence-corrected chi connectivity index (χ0v) is 7.53. The van der Waals surface area contributed by atoms with E-state index in [1.165, 1.54) is 6.04 Å². The third-order valence-electron chi connectivity index (χ3n) is 1.21. The van der Waals surface area contributed by atoms with Gasteiger partial charge in [-0.25, -0.2) is 0 Å². The average molecular weight is 143 g/mol. The number of hydrogen-bond donors (Lipinski definition) is 0. The van der Waals surface area contributed by atoms with Crippen molar-refractivity contribution in [2.75, 3.05) is 0 Å². The van der Waals surface area contributed by atoms with Crippen molar-refractivity contribution in [2.24, 2.45) is 0 Å². The predicted molar refractivity (Wildman–Crippen MR) is 43.1 cm³/mol. The Bertz CT molecular complexity index is 83.4. The molecule has 2 heteroatoms. The highest BCUT2D eigenvalue weighted by Crippen LogP contribution is 2.11. The Kier molecular flexibility index (Phi) is 3.78. The Balaban J connectivity index is 3.17.